The number of hydrogen-bond donors (Lipinski definition) is 1. The van der Waals surface area contributed by atoms with Crippen LogP contribution in [0, 0.1) is 6.92 Å². The molecule has 0 unspecified atom stereocenters. The molecular formula is C24H25N3O2S2. The molecule has 0 aliphatic carbocycles. The molecule has 0 saturated carbocycles. The molecule has 0 radical (unpaired) electrons. The number of carbonyl (C=O) groups is 2. The lowest BCUT2D eigenvalue weighted by atomic mass is 10.0. The van der Waals surface area contributed by atoms with E-state index in [4.69, 9.17) is 0 Å². The number of carbonyl (C=O) groups excluding carboxylic acids is 2. The second-order valence-corrected chi connectivity index (χ2v) is 9.63. The molecule has 2 heterocycles. The molecular weight excluding hydrogens is 426 g/mol. The van der Waals surface area contributed by atoms with Crippen LogP contribution in [0.5, 0.6) is 0 Å². The van der Waals surface area contributed by atoms with Gasteiger partial charge in [0.15, 0.2) is 0 Å². The standard InChI is InChI=1S/C24H25N3O2S2/c1-17-25-20(15-30-17)16-31-22-10-6-5-9-21(22)24(29)27-13-11-19(12-14-27)26-23(28)18-7-3-2-4-8-18/h2-10,15,19H,11-14,16H2,1H3,(H,26,28). The Kier molecular flexibility index (Phi) is 7.04. The van der Waals surface area contributed by atoms with Crippen molar-refractivity contribution < 1.29 is 9.59 Å². The molecule has 1 aromatic heterocycles. The van der Waals surface area contributed by atoms with E-state index in [2.05, 4.69) is 15.7 Å². The Labute approximate surface area is 190 Å². The van der Waals surface area contributed by atoms with Crippen LogP contribution >= 0.6 is 23.1 Å². The number of amides is 2. The van der Waals surface area contributed by atoms with E-state index in [9.17, 15) is 9.59 Å². The molecule has 4 rings (SSSR count). The first-order valence-electron chi connectivity index (χ1n) is 10.4. The van der Waals surface area contributed by atoms with Crippen LogP contribution in [0.4, 0.5) is 0 Å². The van der Waals surface area contributed by atoms with Crippen molar-refractivity contribution in [2.75, 3.05) is 13.1 Å². The van der Waals surface area contributed by atoms with Crippen LogP contribution in [0.25, 0.3) is 0 Å². The highest BCUT2D eigenvalue weighted by molar-refractivity contribution is 7.98. The van der Waals surface area contributed by atoms with Gasteiger partial charge in [-0.05, 0) is 44.0 Å². The van der Waals surface area contributed by atoms with Gasteiger partial charge in [0.05, 0.1) is 16.3 Å². The van der Waals surface area contributed by atoms with E-state index in [-0.39, 0.29) is 17.9 Å². The lowest BCUT2D eigenvalue weighted by Gasteiger charge is -2.32. The minimum Gasteiger partial charge on any atom is -0.349 e. The normalized spacial score (nSPS) is 14.4. The van der Waals surface area contributed by atoms with E-state index in [1.165, 1.54) is 0 Å². The molecule has 2 amide bonds. The van der Waals surface area contributed by atoms with E-state index >= 15 is 0 Å². The van der Waals surface area contributed by atoms with Crippen LogP contribution in [0.15, 0.2) is 64.9 Å². The number of aromatic nitrogens is 1. The van der Waals surface area contributed by atoms with Crippen LogP contribution in [-0.4, -0.2) is 40.8 Å². The van der Waals surface area contributed by atoms with E-state index in [0.717, 1.165) is 39.8 Å². The Morgan fingerprint density at radius 3 is 2.52 bits per heavy atom. The molecule has 1 aliphatic heterocycles. The smallest absolute Gasteiger partial charge is 0.254 e. The zero-order valence-electron chi connectivity index (χ0n) is 17.4. The fourth-order valence-corrected chi connectivity index (χ4v) is 5.31. The van der Waals surface area contributed by atoms with Gasteiger partial charge in [0.25, 0.3) is 11.8 Å². The first-order valence-corrected chi connectivity index (χ1v) is 12.2. The number of benzene rings is 2. The first-order chi connectivity index (χ1) is 15.1. The number of nitrogens with zero attached hydrogens (tertiary/aromatic N) is 2. The molecule has 31 heavy (non-hydrogen) atoms. The van der Waals surface area contributed by atoms with Crippen molar-refractivity contribution in [3.8, 4) is 0 Å². The molecule has 2 aromatic carbocycles. The van der Waals surface area contributed by atoms with Crippen LogP contribution in [0.2, 0.25) is 0 Å². The van der Waals surface area contributed by atoms with E-state index in [1.54, 1.807) is 23.1 Å². The second kappa shape index (κ2) is 10.1. The highest BCUT2D eigenvalue weighted by Crippen LogP contribution is 2.28. The highest BCUT2D eigenvalue weighted by atomic mass is 32.2. The molecule has 1 fully saturated rings. The molecule has 7 heteroatoms. The third-order valence-corrected chi connectivity index (χ3v) is 7.24. The monoisotopic (exact) mass is 451 g/mol. The minimum atomic E-state index is -0.0515. The van der Waals surface area contributed by atoms with Gasteiger partial charge < -0.3 is 10.2 Å². The van der Waals surface area contributed by atoms with Gasteiger partial charge >= 0.3 is 0 Å². The van der Waals surface area contributed by atoms with Crippen LogP contribution in [-0.2, 0) is 5.75 Å². The average Bonchev–Trinajstić information content (AvgIpc) is 3.23. The summed E-state index contributed by atoms with van der Waals surface area (Å²) in [6, 6.07) is 17.1. The molecule has 0 bridgehead atoms. The van der Waals surface area contributed by atoms with Crippen molar-refractivity contribution in [2.45, 2.75) is 36.5 Å². The lowest BCUT2D eigenvalue weighted by Crippen LogP contribution is -2.46. The molecule has 0 atom stereocenters. The molecule has 5 nitrogen and oxygen atoms in total. The van der Waals surface area contributed by atoms with Gasteiger partial charge in [-0.15, -0.1) is 23.1 Å². The van der Waals surface area contributed by atoms with Gasteiger partial charge in [-0.3, -0.25) is 9.59 Å². The molecule has 0 spiro atoms. The fraction of sp³-hybridized carbons (Fsp3) is 0.292. The van der Waals surface area contributed by atoms with Gasteiger partial charge in [0.2, 0.25) is 0 Å². The number of likely N-dealkylation sites (tertiary alicyclic amines) is 1. The summed E-state index contributed by atoms with van der Waals surface area (Å²) in [5.41, 5.74) is 2.46. The minimum absolute atomic E-state index is 0.0515. The van der Waals surface area contributed by atoms with Gasteiger partial charge in [-0.25, -0.2) is 4.98 Å². The Balaban J connectivity index is 1.34. The van der Waals surface area contributed by atoms with Crippen molar-refractivity contribution in [2.24, 2.45) is 0 Å². The number of thioether (sulfide) groups is 1. The van der Waals surface area contributed by atoms with E-state index < -0.39 is 0 Å². The van der Waals surface area contributed by atoms with Crippen molar-refractivity contribution >= 4 is 34.9 Å². The van der Waals surface area contributed by atoms with Gasteiger partial charge in [0.1, 0.15) is 0 Å². The Hall–Kier alpha value is -2.64. The molecule has 160 valence electrons. The second-order valence-electron chi connectivity index (χ2n) is 7.55. The predicted octanol–water partition coefficient (Wildman–Crippen LogP) is 4.78. The van der Waals surface area contributed by atoms with Crippen molar-refractivity contribution in [1.29, 1.82) is 0 Å². The van der Waals surface area contributed by atoms with Gasteiger partial charge in [-0.1, -0.05) is 30.3 Å². The number of piperidine rings is 1. The number of rotatable bonds is 6. The zero-order chi connectivity index (χ0) is 21.6. The van der Waals surface area contributed by atoms with Crippen molar-refractivity contribution in [3.05, 3.63) is 81.8 Å². The maximum atomic E-state index is 13.2. The Bertz CT molecular complexity index is 1040. The largest absolute Gasteiger partial charge is 0.349 e. The van der Waals surface area contributed by atoms with E-state index in [1.807, 2.05) is 66.4 Å². The summed E-state index contributed by atoms with van der Waals surface area (Å²) in [5.74, 6) is 0.761. The number of thiazole rings is 1. The average molecular weight is 452 g/mol. The lowest BCUT2D eigenvalue weighted by molar-refractivity contribution is 0.0694. The summed E-state index contributed by atoms with van der Waals surface area (Å²) >= 11 is 3.30. The summed E-state index contributed by atoms with van der Waals surface area (Å²) in [6.45, 7) is 3.29. The van der Waals surface area contributed by atoms with Crippen LogP contribution in [0.3, 0.4) is 0 Å². The number of hydrogen-bond acceptors (Lipinski definition) is 5. The van der Waals surface area contributed by atoms with Crippen molar-refractivity contribution in [1.82, 2.24) is 15.2 Å². The SMILES string of the molecule is Cc1nc(CSc2ccccc2C(=O)N2CCC(NC(=O)c3ccccc3)CC2)cs1. The van der Waals surface area contributed by atoms with Gasteiger partial charge in [0, 0.05) is 40.7 Å². The predicted molar refractivity (Wildman–Crippen MR) is 126 cm³/mol. The number of nitrogens with one attached hydrogen (secondary N) is 1. The molecule has 1 N–H and O–H groups in total. The molecule has 1 aliphatic rings. The van der Waals surface area contributed by atoms with Gasteiger partial charge in [-0.2, -0.15) is 0 Å². The Morgan fingerprint density at radius 2 is 1.81 bits per heavy atom. The molecule has 3 aromatic rings. The van der Waals surface area contributed by atoms with Crippen molar-refractivity contribution in [3.63, 3.8) is 0 Å². The summed E-state index contributed by atoms with van der Waals surface area (Å²) in [6.07, 6.45) is 1.52. The first kappa shape index (κ1) is 21.6. The van der Waals surface area contributed by atoms with Crippen LogP contribution < -0.4 is 5.32 Å². The summed E-state index contributed by atoms with van der Waals surface area (Å²) in [4.78, 5) is 33.0. The molecule has 1 saturated heterocycles. The summed E-state index contributed by atoms with van der Waals surface area (Å²) < 4.78 is 0. The zero-order valence-corrected chi connectivity index (χ0v) is 19.0. The quantitative estimate of drug-likeness (QED) is 0.548. The fourth-order valence-electron chi connectivity index (χ4n) is 3.65. The third-order valence-electron chi connectivity index (χ3n) is 5.31. The third kappa shape index (κ3) is 5.54. The van der Waals surface area contributed by atoms with E-state index in [0.29, 0.717) is 18.7 Å². The number of aryl methyl sites for hydroxylation is 1. The maximum Gasteiger partial charge on any atom is 0.254 e. The van der Waals surface area contributed by atoms with Crippen LogP contribution in [0.1, 0.15) is 44.3 Å². The summed E-state index contributed by atoms with van der Waals surface area (Å²) in [7, 11) is 0. The highest BCUT2D eigenvalue weighted by Gasteiger charge is 2.26. The topological polar surface area (TPSA) is 62.3 Å². The Morgan fingerprint density at radius 1 is 1.10 bits per heavy atom. The summed E-state index contributed by atoms with van der Waals surface area (Å²) in [5, 5.41) is 6.23. The maximum absolute atomic E-state index is 13.2.